The molecule has 5 aromatic rings. The summed E-state index contributed by atoms with van der Waals surface area (Å²) in [5.41, 5.74) is 4.45. The van der Waals surface area contributed by atoms with Crippen LogP contribution in [0.25, 0.3) is 11.0 Å². The average Bonchev–Trinajstić information content (AvgIpc) is 3.28. The highest BCUT2D eigenvalue weighted by Crippen LogP contribution is 2.31. The molecule has 0 aliphatic heterocycles. The Labute approximate surface area is 216 Å². The number of carboxylic acid groups (broad SMARTS) is 1. The highest BCUT2D eigenvalue weighted by molar-refractivity contribution is 6.32. The number of fused-ring (bicyclic) bond motifs is 1. The summed E-state index contributed by atoms with van der Waals surface area (Å²) in [7, 11) is 0. The third-order valence-electron chi connectivity index (χ3n) is 5.62. The van der Waals surface area contributed by atoms with Crippen molar-refractivity contribution >= 4 is 40.1 Å². The minimum Gasteiger partial charge on any atom is -0.487 e. The summed E-state index contributed by atoms with van der Waals surface area (Å²) in [4.78, 5) is 19.6. The van der Waals surface area contributed by atoms with Crippen molar-refractivity contribution in [3.05, 3.63) is 107 Å². The Morgan fingerprint density at radius 3 is 2.59 bits per heavy atom. The molecule has 3 aromatic carbocycles. The number of carbonyl (C=O) groups is 1. The SMILES string of the molecule is O=C(O)Cc1ccc(Cn2ncc3ncnc(Nc4ccc(OCc5cccc(F)c5)c(Cl)c4)c32)cc1. The standard InChI is InChI=1S/C27H21ClFN5O3/c28-22-12-21(8-9-24(22)37-15-19-2-1-3-20(29)10-19)33-27-26-23(30-16-31-27)13-32-34(26)14-18-6-4-17(5-7-18)11-25(35)36/h1-10,12-13,16H,11,14-15H2,(H,35,36)(H,30,31,33). The van der Waals surface area contributed by atoms with Gasteiger partial charge in [-0.05, 0) is 47.0 Å². The minimum atomic E-state index is -0.870. The Balaban J connectivity index is 1.33. The van der Waals surface area contributed by atoms with Crippen molar-refractivity contribution in [2.75, 3.05) is 5.32 Å². The summed E-state index contributed by atoms with van der Waals surface area (Å²) >= 11 is 6.45. The van der Waals surface area contributed by atoms with E-state index in [0.717, 1.165) is 11.1 Å². The molecule has 8 nitrogen and oxygen atoms in total. The molecule has 0 saturated heterocycles. The van der Waals surface area contributed by atoms with Gasteiger partial charge >= 0.3 is 5.97 Å². The van der Waals surface area contributed by atoms with Gasteiger partial charge in [-0.3, -0.25) is 9.48 Å². The van der Waals surface area contributed by atoms with Gasteiger partial charge in [0.25, 0.3) is 0 Å². The number of anilines is 2. The molecule has 0 aliphatic carbocycles. The third-order valence-corrected chi connectivity index (χ3v) is 5.91. The Morgan fingerprint density at radius 2 is 1.84 bits per heavy atom. The fraction of sp³-hybridized carbons (Fsp3) is 0.111. The Hall–Kier alpha value is -4.50. The number of aliphatic carboxylic acids is 1. The molecule has 10 heteroatoms. The summed E-state index contributed by atoms with van der Waals surface area (Å²) in [5.74, 6) is -0.169. The molecular weight excluding hydrogens is 497 g/mol. The molecule has 186 valence electrons. The van der Waals surface area contributed by atoms with Gasteiger partial charge in [-0.2, -0.15) is 5.10 Å². The van der Waals surface area contributed by atoms with Crippen molar-refractivity contribution in [2.45, 2.75) is 19.6 Å². The maximum absolute atomic E-state index is 13.4. The topological polar surface area (TPSA) is 102 Å². The van der Waals surface area contributed by atoms with E-state index in [4.69, 9.17) is 21.4 Å². The van der Waals surface area contributed by atoms with E-state index in [1.54, 1.807) is 47.3 Å². The van der Waals surface area contributed by atoms with Gasteiger partial charge in [0.1, 0.15) is 35.5 Å². The molecular formula is C27H21ClFN5O3. The maximum atomic E-state index is 13.4. The minimum absolute atomic E-state index is 0.0237. The first-order valence-corrected chi connectivity index (χ1v) is 11.7. The zero-order valence-corrected chi connectivity index (χ0v) is 20.2. The van der Waals surface area contributed by atoms with Crippen molar-refractivity contribution in [1.29, 1.82) is 0 Å². The smallest absolute Gasteiger partial charge is 0.307 e. The first-order chi connectivity index (χ1) is 17.9. The highest BCUT2D eigenvalue weighted by Gasteiger charge is 2.13. The number of aromatic nitrogens is 4. The van der Waals surface area contributed by atoms with E-state index in [-0.39, 0.29) is 18.8 Å². The van der Waals surface area contributed by atoms with Crippen LogP contribution >= 0.6 is 11.6 Å². The number of nitrogens with zero attached hydrogens (tertiary/aromatic N) is 4. The van der Waals surface area contributed by atoms with E-state index in [0.29, 0.717) is 45.4 Å². The first kappa shape index (κ1) is 24.2. The molecule has 0 aliphatic rings. The largest absolute Gasteiger partial charge is 0.487 e. The zero-order valence-electron chi connectivity index (χ0n) is 19.4. The molecule has 2 aromatic heterocycles. The molecule has 0 spiro atoms. The van der Waals surface area contributed by atoms with Crippen molar-refractivity contribution < 1.29 is 19.0 Å². The van der Waals surface area contributed by atoms with Crippen LogP contribution in [0.15, 0.2) is 79.3 Å². The van der Waals surface area contributed by atoms with Crippen molar-refractivity contribution in [1.82, 2.24) is 19.7 Å². The maximum Gasteiger partial charge on any atom is 0.307 e. The molecule has 0 radical (unpaired) electrons. The van der Waals surface area contributed by atoms with Crippen LogP contribution in [-0.2, 0) is 24.4 Å². The lowest BCUT2D eigenvalue weighted by Crippen LogP contribution is -2.05. The van der Waals surface area contributed by atoms with E-state index in [2.05, 4.69) is 20.4 Å². The van der Waals surface area contributed by atoms with Gasteiger partial charge in [0.15, 0.2) is 5.82 Å². The number of carboxylic acids is 1. The van der Waals surface area contributed by atoms with Gasteiger partial charge in [0.2, 0.25) is 0 Å². The van der Waals surface area contributed by atoms with Gasteiger partial charge in [0.05, 0.1) is 24.2 Å². The van der Waals surface area contributed by atoms with Gasteiger partial charge in [-0.25, -0.2) is 14.4 Å². The van der Waals surface area contributed by atoms with Crippen LogP contribution in [-0.4, -0.2) is 30.8 Å². The van der Waals surface area contributed by atoms with Crippen molar-refractivity contribution in [2.24, 2.45) is 0 Å². The quantitative estimate of drug-likeness (QED) is 0.262. The third kappa shape index (κ3) is 5.84. The summed E-state index contributed by atoms with van der Waals surface area (Å²) < 4.78 is 20.9. The van der Waals surface area contributed by atoms with Crippen LogP contribution < -0.4 is 10.1 Å². The van der Waals surface area contributed by atoms with E-state index in [1.165, 1.54) is 18.5 Å². The van der Waals surface area contributed by atoms with E-state index in [9.17, 15) is 9.18 Å². The van der Waals surface area contributed by atoms with Crippen molar-refractivity contribution in [3.8, 4) is 5.75 Å². The van der Waals surface area contributed by atoms with E-state index >= 15 is 0 Å². The lowest BCUT2D eigenvalue weighted by molar-refractivity contribution is -0.136. The van der Waals surface area contributed by atoms with Gasteiger partial charge < -0.3 is 15.2 Å². The molecule has 0 atom stereocenters. The van der Waals surface area contributed by atoms with Crippen molar-refractivity contribution in [3.63, 3.8) is 0 Å². The van der Waals surface area contributed by atoms with E-state index in [1.807, 2.05) is 18.2 Å². The van der Waals surface area contributed by atoms with Gasteiger partial charge in [0, 0.05) is 5.69 Å². The summed E-state index contributed by atoms with van der Waals surface area (Å²) in [5, 5.41) is 17.1. The highest BCUT2D eigenvalue weighted by atomic mass is 35.5. The number of hydrogen-bond acceptors (Lipinski definition) is 6. The van der Waals surface area contributed by atoms with Crippen LogP contribution in [0.2, 0.25) is 5.02 Å². The fourth-order valence-corrected chi connectivity index (χ4v) is 4.10. The summed E-state index contributed by atoms with van der Waals surface area (Å²) in [6.07, 6.45) is 3.09. The molecule has 2 heterocycles. The van der Waals surface area contributed by atoms with Crippen LogP contribution in [0, 0.1) is 5.82 Å². The normalized spacial score (nSPS) is 11.0. The van der Waals surface area contributed by atoms with Crippen LogP contribution in [0.4, 0.5) is 15.9 Å². The molecule has 2 N–H and O–H groups in total. The second-order valence-corrected chi connectivity index (χ2v) is 8.74. The lowest BCUT2D eigenvalue weighted by atomic mass is 10.1. The molecule has 5 rings (SSSR count). The Kier molecular flexibility index (Phi) is 6.96. The van der Waals surface area contributed by atoms with Crippen LogP contribution in [0.3, 0.4) is 0 Å². The Bertz CT molecular complexity index is 1570. The summed E-state index contributed by atoms with van der Waals surface area (Å²) in [6.45, 7) is 0.639. The predicted octanol–water partition coefficient (Wildman–Crippen LogP) is 5.62. The average molecular weight is 518 g/mol. The molecule has 0 amide bonds. The second kappa shape index (κ2) is 10.6. The monoisotopic (exact) mass is 517 g/mol. The lowest BCUT2D eigenvalue weighted by Gasteiger charge is -2.12. The van der Waals surface area contributed by atoms with E-state index < -0.39 is 5.97 Å². The number of benzene rings is 3. The molecule has 0 bridgehead atoms. The molecule has 0 fully saturated rings. The van der Waals surface area contributed by atoms with Crippen LogP contribution in [0.1, 0.15) is 16.7 Å². The molecule has 0 unspecified atom stereocenters. The summed E-state index contributed by atoms with van der Waals surface area (Å²) in [6, 6.07) is 18.8. The van der Waals surface area contributed by atoms with Gasteiger partial charge in [-0.1, -0.05) is 48.0 Å². The number of nitrogens with one attached hydrogen (secondary N) is 1. The predicted molar refractivity (Wildman–Crippen MR) is 138 cm³/mol. The van der Waals surface area contributed by atoms with Gasteiger partial charge in [-0.15, -0.1) is 0 Å². The Morgan fingerprint density at radius 1 is 1.03 bits per heavy atom. The number of hydrogen-bond donors (Lipinski definition) is 2. The zero-order chi connectivity index (χ0) is 25.8. The number of rotatable bonds is 9. The number of ether oxygens (including phenoxy) is 1. The van der Waals surface area contributed by atoms with Crippen LogP contribution in [0.5, 0.6) is 5.75 Å². The number of halogens is 2. The molecule has 0 saturated carbocycles. The second-order valence-electron chi connectivity index (χ2n) is 8.33. The molecule has 37 heavy (non-hydrogen) atoms. The first-order valence-electron chi connectivity index (χ1n) is 11.3. The fourth-order valence-electron chi connectivity index (χ4n) is 3.87.